The number of amides is 1. The predicted octanol–water partition coefficient (Wildman–Crippen LogP) is 6.02. The van der Waals surface area contributed by atoms with Crippen LogP contribution in [0.5, 0.6) is 5.75 Å². The average molecular weight is 410 g/mol. The van der Waals surface area contributed by atoms with Gasteiger partial charge in [0, 0.05) is 21.8 Å². The highest BCUT2D eigenvalue weighted by Crippen LogP contribution is 2.25. The molecule has 150 valence electrons. The van der Waals surface area contributed by atoms with Crippen molar-refractivity contribution in [2.45, 2.75) is 27.1 Å². The van der Waals surface area contributed by atoms with Crippen molar-refractivity contribution in [1.82, 2.24) is 0 Å². The van der Waals surface area contributed by atoms with Crippen LogP contribution in [-0.4, -0.2) is 12.5 Å². The van der Waals surface area contributed by atoms with Gasteiger partial charge in [0.25, 0.3) is 5.91 Å². The molecule has 0 radical (unpaired) electrons. The number of nitrogens with one attached hydrogen (secondary N) is 1. The van der Waals surface area contributed by atoms with Crippen molar-refractivity contribution in [2.24, 2.45) is 0 Å². The van der Waals surface area contributed by atoms with E-state index in [0.717, 1.165) is 22.4 Å². The molecule has 4 nitrogen and oxygen atoms in total. The van der Waals surface area contributed by atoms with Gasteiger partial charge >= 0.3 is 0 Å². The number of halogens is 1. The quantitative estimate of drug-likeness (QED) is 0.495. The van der Waals surface area contributed by atoms with Crippen LogP contribution in [0.4, 0.5) is 5.69 Å². The van der Waals surface area contributed by atoms with Gasteiger partial charge < -0.3 is 14.8 Å². The van der Waals surface area contributed by atoms with Crippen molar-refractivity contribution < 1.29 is 14.3 Å². The Hall–Kier alpha value is -2.82. The molecule has 0 atom stereocenters. The molecule has 0 aliphatic rings. The van der Waals surface area contributed by atoms with E-state index in [9.17, 15) is 4.79 Å². The molecule has 0 heterocycles. The van der Waals surface area contributed by atoms with E-state index in [1.165, 1.54) is 0 Å². The SMILES string of the molecule is CCOc1ccc(C(=O)Nc2cccc(Cl)c2C)cc1COCc1ccccc1. The molecule has 0 saturated carbocycles. The average Bonchev–Trinajstić information content (AvgIpc) is 2.73. The summed E-state index contributed by atoms with van der Waals surface area (Å²) >= 11 is 6.15. The van der Waals surface area contributed by atoms with Gasteiger partial charge in [0.2, 0.25) is 0 Å². The fourth-order valence-corrected chi connectivity index (χ4v) is 3.09. The van der Waals surface area contributed by atoms with Crippen molar-refractivity contribution >= 4 is 23.2 Å². The number of benzene rings is 3. The summed E-state index contributed by atoms with van der Waals surface area (Å²) in [6, 6.07) is 20.8. The molecule has 3 aromatic carbocycles. The van der Waals surface area contributed by atoms with Crippen molar-refractivity contribution in [2.75, 3.05) is 11.9 Å². The van der Waals surface area contributed by atoms with Gasteiger partial charge in [-0.15, -0.1) is 0 Å². The second-order valence-corrected chi connectivity index (χ2v) is 7.01. The zero-order chi connectivity index (χ0) is 20.6. The smallest absolute Gasteiger partial charge is 0.255 e. The largest absolute Gasteiger partial charge is 0.494 e. The maximum atomic E-state index is 12.8. The second-order valence-electron chi connectivity index (χ2n) is 6.60. The summed E-state index contributed by atoms with van der Waals surface area (Å²) in [6.07, 6.45) is 0. The van der Waals surface area contributed by atoms with Gasteiger partial charge in [0.05, 0.1) is 19.8 Å². The number of carbonyl (C=O) groups excluding carboxylic acids is 1. The molecule has 0 aromatic heterocycles. The van der Waals surface area contributed by atoms with Crippen molar-refractivity contribution in [3.05, 3.63) is 94.0 Å². The molecule has 3 rings (SSSR count). The number of rotatable bonds is 8. The summed E-state index contributed by atoms with van der Waals surface area (Å²) in [6.45, 7) is 5.18. The van der Waals surface area contributed by atoms with E-state index in [1.807, 2.05) is 68.4 Å². The minimum Gasteiger partial charge on any atom is -0.494 e. The number of hydrogen-bond donors (Lipinski definition) is 1. The van der Waals surface area contributed by atoms with Crippen LogP contribution in [0.25, 0.3) is 0 Å². The second kappa shape index (κ2) is 10.1. The number of hydrogen-bond acceptors (Lipinski definition) is 3. The highest BCUT2D eigenvalue weighted by atomic mass is 35.5. The molecule has 0 aliphatic carbocycles. The normalized spacial score (nSPS) is 10.6. The summed E-state index contributed by atoms with van der Waals surface area (Å²) in [5.41, 5.74) is 3.98. The lowest BCUT2D eigenvalue weighted by atomic mass is 10.1. The standard InChI is InChI=1S/C24H24ClNO3/c1-3-29-23-13-12-19(24(27)26-22-11-7-10-21(25)17(22)2)14-20(23)16-28-15-18-8-5-4-6-9-18/h4-14H,3,15-16H2,1-2H3,(H,26,27). The van der Waals surface area contributed by atoms with Gasteiger partial charge in [-0.25, -0.2) is 0 Å². The maximum Gasteiger partial charge on any atom is 0.255 e. The van der Waals surface area contributed by atoms with E-state index in [0.29, 0.717) is 36.1 Å². The van der Waals surface area contributed by atoms with E-state index in [1.54, 1.807) is 12.1 Å². The molecule has 1 amide bonds. The fraction of sp³-hybridized carbons (Fsp3) is 0.208. The third-order valence-electron chi connectivity index (χ3n) is 4.51. The van der Waals surface area contributed by atoms with Crippen LogP contribution in [0, 0.1) is 6.92 Å². The molecular weight excluding hydrogens is 386 g/mol. The molecule has 0 unspecified atom stereocenters. The number of carbonyl (C=O) groups is 1. The van der Waals surface area contributed by atoms with E-state index in [4.69, 9.17) is 21.1 Å². The number of anilines is 1. The minimum absolute atomic E-state index is 0.206. The summed E-state index contributed by atoms with van der Waals surface area (Å²) in [5, 5.41) is 3.54. The summed E-state index contributed by atoms with van der Waals surface area (Å²) < 4.78 is 11.5. The molecule has 5 heteroatoms. The van der Waals surface area contributed by atoms with E-state index in [2.05, 4.69) is 5.32 Å². The van der Waals surface area contributed by atoms with Crippen molar-refractivity contribution in [3.8, 4) is 5.75 Å². The van der Waals surface area contributed by atoms with Crippen molar-refractivity contribution in [3.63, 3.8) is 0 Å². The molecule has 29 heavy (non-hydrogen) atoms. The summed E-state index contributed by atoms with van der Waals surface area (Å²) in [7, 11) is 0. The minimum atomic E-state index is -0.206. The van der Waals surface area contributed by atoms with Gasteiger partial charge in [-0.3, -0.25) is 4.79 Å². The highest BCUT2D eigenvalue weighted by Gasteiger charge is 2.13. The molecule has 0 saturated heterocycles. The first kappa shape index (κ1) is 20.9. The Kier molecular flexibility index (Phi) is 7.28. The Balaban J connectivity index is 1.74. The lowest BCUT2D eigenvalue weighted by Crippen LogP contribution is -2.13. The molecular formula is C24H24ClNO3. The Morgan fingerprint density at radius 1 is 1.00 bits per heavy atom. The third-order valence-corrected chi connectivity index (χ3v) is 4.92. The molecule has 1 N–H and O–H groups in total. The van der Waals surface area contributed by atoms with Crippen LogP contribution in [-0.2, 0) is 18.0 Å². The predicted molar refractivity (Wildman–Crippen MR) is 117 cm³/mol. The molecule has 3 aromatic rings. The van der Waals surface area contributed by atoms with Crippen LogP contribution >= 0.6 is 11.6 Å². The zero-order valence-electron chi connectivity index (χ0n) is 16.6. The van der Waals surface area contributed by atoms with Crippen LogP contribution in [0.3, 0.4) is 0 Å². The van der Waals surface area contributed by atoms with Crippen LogP contribution in [0.15, 0.2) is 66.7 Å². The molecule has 0 spiro atoms. The Labute approximate surface area is 176 Å². The lowest BCUT2D eigenvalue weighted by molar-refractivity contribution is 0.101. The first-order chi connectivity index (χ1) is 14.1. The molecule has 0 bridgehead atoms. The van der Waals surface area contributed by atoms with Gasteiger partial charge in [-0.1, -0.05) is 48.0 Å². The van der Waals surface area contributed by atoms with E-state index in [-0.39, 0.29) is 5.91 Å². The zero-order valence-corrected chi connectivity index (χ0v) is 17.3. The lowest BCUT2D eigenvalue weighted by Gasteiger charge is -2.14. The van der Waals surface area contributed by atoms with Crippen LogP contribution in [0.1, 0.15) is 34.0 Å². The Morgan fingerprint density at radius 2 is 1.79 bits per heavy atom. The van der Waals surface area contributed by atoms with Gasteiger partial charge in [0.15, 0.2) is 0 Å². The Morgan fingerprint density at radius 3 is 2.55 bits per heavy atom. The molecule has 0 aliphatic heterocycles. The Bertz CT molecular complexity index is 973. The third kappa shape index (κ3) is 5.59. The van der Waals surface area contributed by atoms with Crippen LogP contribution < -0.4 is 10.1 Å². The first-order valence-corrected chi connectivity index (χ1v) is 9.90. The molecule has 0 fully saturated rings. The van der Waals surface area contributed by atoms with E-state index < -0.39 is 0 Å². The maximum absolute atomic E-state index is 12.8. The van der Waals surface area contributed by atoms with Gasteiger partial charge in [-0.05, 0) is 55.3 Å². The summed E-state index contributed by atoms with van der Waals surface area (Å²) in [5.74, 6) is 0.513. The topological polar surface area (TPSA) is 47.6 Å². The van der Waals surface area contributed by atoms with E-state index >= 15 is 0 Å². The number of ether oxygens (including phenoxy) is 2. The van der Waals surface area contributed by atoms with Gasteiger partial charge in [-0.2, -0.15) is 0 Å². The fourth-order valence-electron chi connectivity index (χ4n) is 2.92. The highest BCUT2D eigenvalue weighted by molar-refractivity contribution is 6.31. The monoisotopic (exact) mass is 409 g/mol. The first-order valence-electron chi connectivity index (χ1n) is 9.52. The van der Waals surface area contributed by atoms with Gasteiger partial charge in [0.1, 0.15) is 5.75 Å². The summed E-state index contributed by atoms with van der Waals surface area (Å²) in [4.78, 5) is 12.8. The van der Waals surface area contributed by atoms with Crippen molar-refractivity contribution in [1.29, 1.82) is 0 Å². The van der Waals surface area contributed by atoms with Crippen LogP contribution in [0.2, 0.25) is 5.02 Å².